The molecule has 2 heterocycles. The molecule has 0 N–H and O–H groups in total. The Morgan fingerprint density at radius 1 is 1.50 bits per heavy atom. The summed E-state index contributed by atoms with van der Waals surface area (Å²) < 4.78 is 5.19. The van der Waals surface area contributed by atoms with Crippen molar-refractivity contribution in [2.24, 2.45) is 0 Å². The van der Waals surface area contributed by atoms with Crippen LogP contribution in [0.15, 0.2) is 18.6 Å². The van der Waals surface area contributed by atoms with Gasteiger partial charge in [0.15, 0.2) is 0 Å². The Morgan fingerprint density at radius 2 is 2.50 bits per heavy atom. The topological polar surface area (TPSA) is 35.0 Å². The quantitative estimate of drug-likeness (QED) is 0.528. The molecule has 50 valence electrons. The molecule has 0 atom stereocenters. The van der Waals surface area contributed by atoms with Crippen LogP contribution in [0.1, 0.15) is 5.56 Å². The van der Waals surface area contributed by atoms with Crippen LogP contribution in [0.5, 0.6) is 5.88 Å². The lowest BCUT2D eigenvalue weighted by Crippen LogP contribution is -2.02. The molecule has 0 aliphatic carbocycles. The third-order valence-corrected chi connectivity index (χ3v) is 1.32. The van der Waals surface area contributed by atoms with Gasteiger partial charge in [-0.15, -0.1) is 0 Å². The maximum Gasteiger partial charge on any atom is 0.224 e. The van der Waals surface area contributed by atoms with E-state index in [4.69, 9.17) is 4.74 Å². The molecule has 3 nitrogen and oxygen atoms in total. The largest absolute Gasteiger partial charge is 0.473 e. The fourth-order valence-electron chi connectivity index (χ4n) is 0.866. The molecule has 2 rings (SSSR count). The maximum atomic E-state index is 5.19. The van der Waals surface area contributed by atoms with Crippen LogP contribution >= 0.6 is 0 Å². The predicted octanol–water partition coefficient (Wildman–Crippen LogP) is 0.882. The first kappa shape index (κ1) is 5.41. The van der Waals surface area contributed by atoms with Gasteiger partial charge in [-0.2, -0.15) is 0 Å². The van der Waals surface area contributed by atoms with Crippen LogP contribution in [0.4, 0.5) is 0 Å². The van der Waals surface area contributed by atoms with Crippen molar-refractivity contribution in [2.45, 2.75) is 0 Å². The summed E-state index contributed by atoms with van der Waals surface area (Å²) in [6.45, 7) is 0.615. The Hall–Kier alpha value is -1.38. The average molecular weight is 134 g/mol. The van der Waals surface area contributed by atoms with Crippen LogP contribution in [0, 0.1) is 0 Å². The highest BCUT2D eigenvalue weighted by molar-refractivity contribution is 5.55. The van der Waals surface area contributed by atoms with Crippen molar-refractivity contribution < 1.29 is 4.74 Å². The number of nitrogens with zero attached hydrogens (tertiary/aromatic N) is 2. The SMILES string of the molecule is C1=Cc2cncnc2OC1. The molecule has 0 bridgehead atoms. The Labute approximate surface area is 58.4 Å². The Bertz CT molecular complexity index is 270. The number of ether oxygens (including phenoxy) is 1. The van der Waals surface area contributed by atoms with Gasteiger partial charge in [0.1, 0.15) is 12.9 Å². The normalized spacial score (nSPS) is 14.0. The van der Waals surface area contributed by atoms with Gasteiger partial charge in [-0.05, 0) is 12.2 Å². The van der Waals surface area contributed by atoms with Gasteiger partial charge in [0, 0.05) is 6.20 Å². The summed E-state index contributed by atoms with van der Waals surface area (Å²) in [6.07, 6.45) is 7.11. The van der Waals surface area contributed by atoms with E-state index in [-0.39, 0.29) is 0 Å². The molecule has 0 saturated carbocycles. The maximum absolute atomic E-state index is 5.19. The summed E-state index contributed by atoms with van der Waals surface area (Å²) >= 11 is 0. The predicted molar refractivity (Wildman–Crippen MR) is 36.6 cm³/mol. The second-order valence-electron chi connectivity index (χ2n) is 2.00. The van der Waals surface area contributed by atoms with Gasteiger partial charge in [-0.3, -0.25) is 0 Å². The lowest BCUT2D eigenvalue weighted by molar-refractivity contribution is 0.343. The summed E-state index contributed by atoms with van der Waals surface area (Å²) in [4.78, 5) is 7.79. The number of hydrogen-bond donors (Lipinski definition) is 0. The van der Waals surface area contributed by atoms with Crippen LogP contribution in [-0.2, 0) is 0 Å². The van der Waals surface area contributed by atoms with Crippen molar-refractivity contribution in [1.29, 1.82) is 0 Å². The van der Waals surface area contributed by atoms with E-state index >= 15 is 0 Å². The molecule has 3 heteroatoms. The lowest BCUT2D eigenvalue weighted by atomic mass is 10.3. The molecule has 1 aromatic rings. The van der Waals surface area contributed by atoms with E-state index in [2.05, 4.69) is 9.97 Å². The fourth-order valence-corrected chi connectivity index (χ4v) is 0.866. The number of aromatic nitrogens is 2. The highest BCUT2D eigenvalue weighted by Crippen LogP contribution is 2.17. The molecule has 0 spiro atoms. The standard InChI is InChI=1S/C7H6N2O/c1-2-6-4-8-5-9-7(6)10-3-1/h1-2,4-5H,3H2. The van der Waals surface area contributed by atoms with Gasteiger partial charge in [0.2, 0.25) is 5.88 Å². The Kier molecular flexibility index (Phi) is 1.13. The molecule has 0 amide bonds. The van der Waals surface area contributed by atoms with Crippen LogP contribution in [0.3, 0.4) is 0 Å². The van der Waals surface area contributed by atoms with Crippen LogP contribution in [0.2, 0.25) is 0 Å². The lowest BCUT2D eigenvalue weighted by Gasteiger charge is -2.08. The zero-order valence-electron chi connectivity index (χ0n) is 5.32. The van der Waals surface area contributed by atoms with E-state index in [0.717, 1.165) is 5.56 Å². The van der Waals surface area contributed by atoms with E-state index in [1.54, 1.807) is 6.20 Å². The van der Waals surface area contributed by atoms with Crippen molar-refractivity contribution in [3.8, 4) is 5.88 Å². The monoisotopic (exact) mass is 134 g/mol. The molecule has 0 unspecified atom stereocenters. The second-order valence-corrected chi connectivity index (χ2v) is 2.00. The summed E-state index contributed by atoms with van der Waals surface area (Å²) in [5.41, 5.74) is 0.953. The summed E-state index contributed by atoms with van der Waals surface area (Å²) in [5.74, 6) is 0.678. The van der Waals surface area contributed by atoms with Crippen molar-refractivity contribution in [3.63, 3.8) is 0 Å². The van der Waals surface area contributed by atoms with Gasteiger partial charge in [-0.25, -0.2) is 9.97 Å². The number of rotatable bonds is 0. The summed E-state index contributed by atoms with van der Waals surface area (Å²) in [5, 5.41) is 0. The third-order valence-electron chi connectivity index (χ3n) is 1.32. The second kappa shape index (κ2) is 2.10. The highest BCUT2D eigenvalue weighted by Gasteiger charge is 2.03. The number of fused-ring (bicyclic) bond motifs is 1. The Morgan fingerprint density at radius 3 is 3.40 bits per heavy atom. The van der Waals surface area contributed by atoms with Crippen LogP contribution in [0.25, 0.3) is 6.08 Å². The molecule has 0 saturated heterocycles. The summed E-state index contributed by atoms with van der Waals surface area (Å²) in [7, 11) is 0. The first-order valence-corrected chi connectivity index (χ1v) is 3.06. The van der Waals surface area contributed by atoms with Gasteiger partial charge in [0.25, 0.3) is 0 Å². The van der Waals surface area contributed by atoms with Gasteiger partial charge < -0.3 is 4.74 Å². The van der Waals surface area contributed by atoms with Crippen LogP contribution in [-0.4, -0.2) is 16.6 Å². The van der Waals surface area contributed by atoms with Crippen molar-refractivity contribution in [2.75, 3.05) is 6.61 Å². The van der Waals surface area contributed by atoms with E-state index < -0.39 is 0 Å². The van der Waals surface area contributed by atoms with Crippen molar-refractivity contribution in [1.82, 2.24) is 9.97 Å². The van der Waals surface area contributed by atoms with Crippen molar-refractivity contribution in [3.05, 3.63) is 24.2 Å². The van der Waals surface area contributed by atoms with E-state index in [1.807, 2.05) is 12.2 Å². The molecule has 10 heavy (non-hydrogen) atoms. The third kappa shape index (κ3) is 0.757. The zero-order valence-corrected chi connectivity index (χ0v) is 5.32. The van der Waals surface area contributed by atoms with Gasteiger partial charge >= 0.3 is 0 Å². The van der Waals surface area contributed by atoms with E-state index in [9.17, 15) is 0 Å². The molecule has 1 aromatic heterocycles. The molecule has 1 aliphatic rings. The molecule has 0 radical (unpaired) electrons. The van der Waals surface area contributed by atoms with E-state index in [0.29, 0.717) is 12.5 Å². The molecular weight excluding hydrogens is 128 g/mol. The fraction of sp³-hybridized carbons (Fsp3) is 0.143. The van der Waals surface area contributed by atoms with Crippen LogP contribution < -0.4 is 4.74 Å². The van der Waals surface area contributed by atoms with Crippen molar-refractivity contribution >= 4 is 6.08 Å². The molecular formula is C7H6N2O. The number of hydrogen-bond acceptors (Lipinski definition) is 3. The minimum Gasteiger partial charge on any atom is -0.473 e. The van der Waals surface area contributed by atoms with Gasteiger partial charge in [0.05, 0.1) is 5.56 Å². The summed E-state index contributed by atoms with van der Waals surface area (Å²) in [6, 6.07) is 0. The van der Waals surface area contributed by atoms with Gasteiger partial charge in [-0.1, -0.05) is 0 Å². The molecule has 0 aromatic carbocycles. The Balaban J connectivity index is 2.54. The first-order chi connectivity index (χ1) is 4.97. The molecule has 0 fully saturated rings. The molecule has 1 aliphatic heterocycles. The average Bonchev–Trinajstić information content (AvgIpc) is 2.05. The first-order valence-electron chi connectivity index (χ1n) is 3.06. The zero-order chi connectivity index (χ0) is 6.81. The minimum absolute atomic E-state index is 0.615. The minimum atomic E-state index is 0.615. The highest BCUT2D eigenvalue weighted by atomic mass is 16.5. The smallest absolute Gasteiger partial charge is 0.224 e. The van der Waals surface area contributed by atoms with E-state index in [1.165, 1.54) is 6.33 Å².